The third-order valence-electron chi connectivity index (χ3n) is 7.04. The molecule has 0 unspecified atom stereocenters. The molecule has 2 atom stereocenters. The number of rotatable bonds is 8. The van der Waals surface area contributed by atoms with Gasteiger partial charge in [-0.1, -0.05) is 12.1 Å². The lowest BCUT2D eigenvalue weighted by Gasteiger charge is -2.55. The fraction of sp³-hybridized carbons (Fsp3) is 0.440. The lowest BCUT2D eigenvalue weighted by Crippen LogP contribution is -2.67. The van der Waals surface area contributed by atoms with Crippen LogP contribution in [-0.2, 0) is 11.2 Å². The molecule has 2 aromatic heterocycles. The largest absolute Gasteiger partial charge is 0.380 e. The fourth-order valence-corrected chi connectivity index (χ4v) is 5.00. The minimum atomic E-state index is -0.196. The van der Waals surface area contributed by atoms with Gasteiger partial charge in [0, 0.05) is 32.7 Å². The number of halogens is 1. The molecule has 0 radical (unpaired) electrons. The van der Waals surface area contributed by atoms with Crippen molar-refractivity contribution in [2.45, 2.75) is 31.2 Å². The highest BCUT2D eigenvalue weighted by Crippen LogP contribution is 2.41. The average Bonchev–Trinajstić information content (AvgIpc) is 3.57. The second-order valence-electron chi connectivity index (χ2n) is 9.73. The van der Waals surface area contributed by atoms with Crippen molar-refractivity contribution in [1.82, 2.24) is 24.8 Å². The highest BCUT2D eigenvalue weighted by atomic mass is 19.1. The third-order valence-corrected chi connectivity index (χ3v) is 7.04. The van der Waals surface area contributed by atoms with Gasteiger partial charge in [-0.25, -0.2) is 19.3 Å². The van der Waals surface area contributed by atoms with Crippen LogP contribution in [0.25, 0.3) is 5.69 Å². The van der Waals surface area contributed by atoms with E-state index in [0.717, 1.165) is 57.8 Å². The molecule has 4 heterocycles. The zero-order valence-electron chi connectivity index (χ0n) is 18.9. The van der Waals surface area contributed by atoms with Gasteiger partial charge in [0.15, 0.2) is 5.82 Å². The van der Waals surface area contributed by atoms with Crippen LogP contribution in [0.3, 0.4) is 0 Å². The van der Waals surface area contributed by atoms with Crippen LogP contribution < -0.4 is 15.8 Å². The summed E-state index contributed by atoms with van der Waals surface area (Å²) in [5.41, 5.74) is 2.74. The van der Waals surface area contributed by atoms with Crippen LogP contribution in [0.2, 0.25) is 0 Å². The van der Waals surface area contributed by atoms with E-state index < -0.39 is 0 Å². The molecule has 1 N–H and O–H groups in total. The van der Waals surface area contributed by atoms with Crippen LogP contribution in [0, 0.1) is 11.2 Å². The van der Waals surface area contributed by atoms with Crippen molar-refractivity contribution in [3.05, 3.63) is 76.6 Å². The van der Waals surface area contributed by atoms with Crippen molar-refractivity contribution in [1.29, 1.82) is 0 Å². The van der Waals surface area contributed by atoms with Crippen molar-refractivity contribution in [2.75, 3.05) is 37.7 Å². The second-order valence-corrected chi connectivity index (χ2v) is 9.73. The Labute approximate surface area is 198 Å². The standard InChI is InChI=1S/C25H27FN6O2.H2/c26-18-5-3-17(4-6-18)21-8-22(21)29-7-1-2-19-11-32(20-9-27-16-28-10-20)24(33)23(30-19)31-12-25(13-31)14-34-15-25;/h3-6,9-11,16,21-22,29H,1-2,7-8,12-15H2;1H/t21-,22+;/m0./s1. The molecule has 0 bridgehead atoms. The van der Waals surface area contributed by atoms with Gasteiger partial charge in [0.25, 0.3) is 5.56 Å². The first-order valence-corrected chi connectivity index (χ1v) is 11.8. The van der Waals surface area contributed by atoms with Crippen molar-refractivity contribution in [3.63, 3.8) is 0 Å². The lowest BCUT2D eigenvalue weighted by atomic mass is 9.78. The van der Waals surface area contributed by atoms with Crippen LogP contribution in [-0.4, -0.2) is 58.4 Å². The molecule has 6 rings (SSSR count). The van der Waals surface area contributed by atoms with Gasteiger partial charge < -0.3 is 15.0 Å². The molecule has 2 aliphatic heterocycles. The molecule has 178 valence electrons. The van der Waals surface area contributed by atoms with Gasteiger partial charge >= 0.3 is 0 Å². The van der Waals surface area contributed by atoms with Gasteiger partial charge in [0.2, 0.25) is 0 Å². The van der Waals surface area contributed by atoms with Gasteiger partial charge in [0.1, 0.15) is 12.1 Å². The number of nitrogens with zero attached hydrogens (tertiary/aromatic N) is 5. The van der Waals surface area contributed by atoms with Gasteiger partial charge in [0.05, 0.1) is 42.4 Å². The van der Waals surface area contributed by atoms with Gasteiger partial charge in [-0.3, -0.25) is 9.36 Å². The summed E-state index contributed by atoms with van der Waals surface area (Å²) in [7, 11) is 0. The molecule has 8 nitrogen and oxygen atoms in total. The summed E-state index contributed by atoms with van der Waals surface area (Å²) < 4.78 is 20.1. The van der Waals surface area contributed by atoms with Crippen molar-refractivity contribution in [2.24, 2.45) is 5.41 Å². The Bertz CT molecular complexity index is 1230. The summed E-state index contributed by atoms with van der Waals surface area (Å²) in [6.45, 7) is 3.98. The minimum absolute atomic E-state index is 0. The summed E-state index contributed by atoms with van der Waals surface area (Å²) in [6, 6.07) is 7.24. The number of anilines is 1. The van der Waals surface area contributed by atoms with E-state index in [4.69, 9.17) is 9.72 Å². The number of aromatic nitrogens is 4. The minimum Gasteiger partial charge on any atom is -0.380 e. The zero-order valence-corrected chi connectivity index (χ0v) is 18.9. The van der Waals surface area contributed by atoms with Gasteiger partial charge in [-0.05, 0) is 43.5 Å². The summed E-state index contributed by atoms with van der Waals surface area (Å²) >= 11 is 0. The number of nitrogens with one attached hydrogen (secondary N) is 1. The molecular weight excluding hydrogens is 435 g/mol. The molecule has 3 aliphatic rings. The van der Waals surface area contributed by atoms with Crippen molar-refractivity contribution >= 4 is 5.82 Å². The number of hydrogen-bond donors (Lipinski definition) is 1. The molecule has 1 saturated carbocycles. The topological polar surface area (TPSA) is 85.2 Å². The van der Waals surface area contributed by atoms with Crippen LogP contribution in [0.15, 0.2) is 54.0 Å². The van der Waals surface area contributed by atoms with E-state index >= 15 is 0 Å². The van der Waals surface area contributed by atoms with E-state index in [9.17, 15) is 9.18 Å². The first-order chi connectivity index (χ1) is 16.6. The predicted octanol–water partition coefficient (Wildman–Crippen LogP) is 2.32. The maximum Gasteiger partial charge on any atom is 0.298 e. The van der Waals surface area contributed by atoms with Crippen LogP contribution in [0.4, 0.5) is 10.2 Å². The second kappa shape index (κ2) is 8.56. The smallest absolute Gasteiger partial charge is 0.298 e. The molecule has 1 aliphatic carbocycles. The highest BCUT2D eigenvalue weighted by Gasteiger charge is 2.50. The maximum atomic E-state index is 13.2. The van der Waals surface area contributed by atoms with Gasteiger partial charge in [-0.15, -0.1) is 0 Å². The lowest BCUT2D eigenvalue weighted by molar-refractivity contribution is -0.127. The Hall–Kier alpha value is -3.17. The Morgan fingerprint density at radius 3 is 2.65 bits per heavy atom. The molecule has 1 aromatic carbocycles. The van der Waals surface area contributed by atoms with Gasteiger partial charge in [-0.2, -0.15) is 0 Å². The Morgan fingerprint density at radius 2 is 1.94 bits per heavy atom. The first kappa shape index (κ1) is 21.4. The normalized spacial score (nSPS) is 22.3. The number of aryl methyl sites for hydroxylation is 1. The Morgan fingerprint density at radius 1 is 1.18 bits per heavy atom. The SMILES string of the molecule is O=c1c(N2CC3(COC3)C2)nc(CCCN[C@@H]2C[C@H]2c2ccc(F)cc2)cn1-c1cncnc1.[HH]. The Kier molecular flexibility index (Phi) is 5.38. The first-order valence-electron chi connectivity index (χ1n) is 11.8. The maximum absolute atomic E-state index is 13.2. The summed E-state index contributed by atoms with van der Waals surface area (Å²) in [5.74, 6) is 0.753. The average molecular weight is 465 g/mol. The number of benzene rings is 1. The third kappa shape index (κ3) is 4.10. The van der Waals surface area contributed by atoms with E-state index in [-0.39, 0.29) is 18.2 Å². The number of ether oxygens (including phenoxy) is 1. The molecule has 9 heteroatoms. The van der Waals surface area contributed by atoms with Crippen LogP contribution >= 0.6 is 0 Å². The number of hydrogen-bond acceptors (Lipinski definition) is 7. The highest BCUT2D eigenvalue weighted by molar-refractivity contribution is 5.45. The van der Waals surface area contributed by atoms with E-state index in [2.05, 4.69) is 20.2 Å². The summed E-state index contributed by atoms with van der Waals surface area (Å²) in [5, 5.41) is 3.60. The monoisotopic (exact) mass is 464 g/mol. The molecule has 2 saturated heterocycles. The Balaban J connectivity index is 0.00000253. The van der Waals surface area contributed by atoms with E-state index in [1.165, 1.54) is 24.0 Å². The van der Waals surface area contributed by atoms with Crippen LogP contribution in [0.5, 0.6) is 0 Å². The van der Waals surface area contributed by atoms with E-state index in [1.807, 2.05) is 18.3 Å². The molecule has 3 fully saturated rings. The van der Waals surface area contributed by atoms with Crippen LogP contribution in [0.1, 0.15) is 31.4 Å². The molecular formula is C25H29FN6O2. The van der Waals surface area contributed by atoms with E-state index in [0.29, 0.717) is 23.5 Å². The van der Waals surface area contributed by atoms with Crippen molar-refractivity contribution in [3.8, 4) is 5.69 Å². The summed E-state index contributed by atoms with van der Waals surface area (Å²) in [4.78, 5) is 28.2. The quantitative estimate of drug-likeness (QED) is 0.512. The van der Waals surface area contributed by atoms with E-state index in [1.54, 1.807) is 17.0 Å². The molecule has 0 amide bonds. The van der Waals surface area contributed by atoms with Crippen molar-refractivity contribution < 1.29 is 10.6 Å². The fourth-order valence-electron chi connectivity index (χ4n) is 5.00. The summed E-state index contributed by atoms with van der Waals surface area (Å²) in [6.07, 6.45) is 9.28. The molecule has 1 spiro atoms. The molecule has 34 heavy (non-hydrogen) atoms. The zero-order chi connectivity index (χ0) is 23.1. The molecule has 3 aromatic rings. The predicted molar refractivity (Wildman–Crippen MR) is 127 cm³/mol.